The van der Waals surface area contributed by atoms with Crippen LogP contribution in [0.1, 0.15) is 61.3 Å². The van der Waals surface area contributed by atoms with Crippen molar-refractivity contribution in [3.05, 3.63) is 0 Å². The lowest BCUT2D eigenvalue weighted by molar-refractivity contribution is -0.169. The predicted octanol–water partition coefficient (Wildman–Crippen LogP) is 3.33. The molecule has 4 heteroatoms. The molecule has 1 aliphatic carbocycles. The molecule has 1 saturated carbocycles. The van der Waals surface area contributed by atoms with E-state index in [-0.39, 0.29) is 16.8 Å². The zero-order valence-electron chi connectivity index (χ0n) is 14.3. The normalized spacial score (nSPS) is 33.5. The van der Waals surface area contributed by atoms with Crippen molar-refractivity contribution >= 4 is 11.9 Å². The SMILES string of the molecule is CC(C)(C)CC1(C(=O)OC2C(=O)OCC2(C)C)CC1(C)C. The lowest BCUT2D eigenvalue weighted by Crippen LogP contribution is -2.39. The smallest absolute Gasteiger partial charge is 0.348 e. The van der Waals surface area contributed by atoms with Gasteiger partial charge in [-0.15, -0.1) is 0 Å². The van der Waals surface area contributed by atoms with Crippen molar-refractivity contribution in [3.63, 3.8) is 0 Å². The van der Waals surface area contributed by atoms with Crippen molar-refractivity contribution in [1.29, 1.82) is 0 Å². The molecule has 0 radical (unpaired) electrons. The van der Waals surface area contributed by atoms with Crippen LogP contribution >= 0.6 is 0 Å². The fourth-order valence-electron chi connectivity index (χ4n) is 3.49. The van der Waals surface area contributed by atoms with Crippen LogP contribution in [0, 0.1) is 21.7 Å². The highest BCUT2D eigenvalue weighted by atomic mass is 16.6. The van der Waals surface area contributed by atoms with Crippen LogP contribution in [0.3, 0.4) is 0 Å². The number of cyclic esters (lactones) is 1. The third-order valence-corrected chi connectivity index (χ3v) is 4.87. The summed E-state index contributed by atoms with van der Waals surface area (Å²) in [6, 6.07) is 0. The number of carbonyl (C=O) groups excluding carboxylic acids is 2. The summed E-state index contributed by atoms with van der Waals surface area (Å²) in [4.78, 5) is 24.6. The van der Waals surface area contributed by atoms with Crippen LogP contribution in [0.5, 0.6) is 0 Å². The second kappa shape index (κ2) is 4.47. The van der Waals surface area contributed by atoms with Crippen LogP contribution < -0.4 is 0 Å². The minimum Gasteiger partial charge on any atom is -0.462 e. The summed E-state index contributed by atoms with van der Waals surface area (Å²) in [6.07, 6.45) is 0.810. The van der Waals surface area contributed by atoms with Gasteiger partial charge in [0.1, 0.15) is 6.61 Å². The van der Waals surface area contributed by atoms with Gasteiger partial charge in [-0.25, -0.2) is 4.79 Å². The Balaban J connectivity index is 2.17. The highest BCUT2D eigenvalue weighted by Gasteiger charge is 2.68. The van der Waals surface area contributed by atoms with Gasteiger partial charge in [-0.3, -0.25) is 4.79 Å². The van der Waals surface area contributed by atoms with Crippen molar-refractivity contribution in [3.8, 4) is 0 Å². The maximum atomic E-state index is 12.8. The summed E-state index contributed by atoms with van der Waals surface area (Å²) in [5, 5.41) is 0. The van der Waals surface area contributed by atoms with Gasteiger partial charge in [0.15, 0.2) is 0 Å². The zero-order chi connectivity index (χ0) is 16.3. The third kappa shape index (κ3) is 2.82. The topological polar surface area (TPSA) is 52.6 Å². The van der Waals surface area contributed by atoms with E-state index in [2.05, 4.69) is 34.6 Å². The third-order valence-electron chi connectivity index (χ3n) is 4.87. The van der Waals surface area contributed by atoms with E-state index in [0.29, 0.717) is 6.61 Å². The van der Waals surface area contributed by atoms with Crippen LogP contribution in [0.25, 0.3) is 0 Å². The molecular weight excluding hydrogens is 268 g/mol. The van der Waals surface area contributed by atoms with E-state index in [1.54, 1.807) is 0 Å². The monoisotopic (exact) mass is 296 g/mol. The summed E-state index contributed by atoms with van der Waals surface area (Å²) >= 11 is 0. The quantitative estimate of drug-likeness (QED) is 0.750. The van der Waals surface area contributed by atoms with Gasteiger partial charge in [0, 0.05) is 5.41 Å². The second-order valence-electron chi connectivity index (χ2n) is 9.26. The molecule has 21 heavy (non-hydrogen) atoms. The van der Waals surface area contributed by atoms with Gasteiger partial charge in [-0.05, 0) is 23.7 Å². The minimum atomic E-state index is -0.779. The molecule has 2 unspecified atom stereocenters. The van der Waals surface area contributed by atoms with E-state index in [1.165, 1.54) is 0 Å². The summed E-state index contributed by atoms with van der Waals surface area (Å²) in [5.41, 5.74) is -0.943. The molecular formula is C17H28O4. The van der Waals surface area contributed by atoms with Crippen molar-refractivity contribution < 1.29 is 19.1 Å². The van der Waals surface area contributed by atoms with Crippen LogP contribution in [0.2, 0.25) is 0 Å². The van der Waals surface area contributed by atoms with E-state index in [1.807, 2.05) is 13.8 Å². The second-order valence-corrected chi connectivity index (χ2v) is 9.26. The highest BCUT2D eigenvalue weighted by Crippen LogP contribution is 2.68. The Labute approximate surface area is 127 Å². The number of ether oxygens (including phenoxy) is 2. The Morgan fingerprint density at radius 1 is 1.29 bits per heavy atom. The van der Waals surface area contributed by atoms with Crippen LogP contribution in [0.15, 0.2) is 0 Å². The minimum absolute atomic E-state index is 0.0402. The first kappa shape index (κ1) is 16.3. The highest BCUT2D eigenvalue weighted by molar-refractivity contribution is 5.86. The molecule has 1 aliphatic heterocycles. The summed E-state index contributed by atoms with van der Waals surface area (Å²) in [7, 11) is 0. The average Bonchev–Trinajstić information content (AvgIpc) is 2.72. The van der Waals surface area contributed by atoms with Gasteiger partial charge in [-0.1, -0.05) is 48.5 Å². The lowest BCUT2D eigenvalue weighted by atomic mass is 9.78. The molecule has 1 heterocycles. The van der Waals surface area contributed by atoms with E-state index in [4.69, 9.17) is 9.47 Å². The van der Waals surface area contributed by atoms with E-state index < -0.39 is 22.9 Å². The van der Waals surface area contributed by atoms with Crippen molar-refractivity contribution in [1.82, 2.24) is 0 Å². The molecule has 0 amide bonds. The Hall–Kier alpha value is -1.06. The molecule has 0 aromatic carbocycles. The summed E-state index contributed by atoms with van der Waals surface area (Å²) in [5.74, 6) is -0.655. The maximum absolute atomic E-state index is 12.8. The molecule has 2 fully saturated rings. The molecule has 2 aliphatic rings. The van der Waals surface area contributed by atoms with E-state index in [0.717, 1.165) is 12.8 Å². The van der Waals surface area contributed by atoms with Gasteiger partial charge in [0.2, 0.25) is 6.10 Å². The van der Waals surface area contributed by atoms with Gasteiger partial charge in [0.05, 0.1) is 5.41 Å². The molecule has 2 rings (SSSR count). The largest absolute Gasteiger partial charge is 0.462 e. The molecule has 0 aromatic heterocycles. The van der Waals surface area contributed by atoms with Crippen molar-refractivity contribution in [2.75, 3.05) is 6.61 Å². The molecule has 0 N–H and O–H groups in total. The van der Waals surface area contributed by atoms with Crippen LogP contribution in [-0.4, -0.2) is 24.6 Å². The van der Waals surface area contributed by atoms with Gasteiger partial charge >= 0.3 is 11.9 Å². The first-order valence-electron chi connectivity index (χ1n) is 7.69. The fraction of sp³-hybridized carbons (Fsp3) is 0.882. The predicted molar refractivity (Wildman–Crippen MR) is 79.5 cm³/mol. The summed E-state index contributed by atoms with van der Waals surface area (Å²) in [6.45, 7) is 14.7. The fourth-order valence-corrected chi connectivity index (χ4v) is 3.49. The molecule has 0 bridgehead atoms. The van der Waals surface area contributed by atoms with Crippen molar-refractivity contribution in [2.24, 2.45) is 21.7 Å². The Bertz CT molecular complexity index is 470. The van der Waals surface area contributed by atoms with E-state index >= 15 is 0 Å². The average molecular weight is 296 g/mol. The Kier molecular flexibility index (Phi) is 3.47. The number of hydrogen-bond donors (Lipinski definition) is 0. The molecule has 120 valence electrons. The number of hydrogen-bond acceptors (Lipinski definition) is 4. The Morgan fingerprint density at radius 3 is 2.14 bits per heavy atom. The molecule has 1 saturated heterocycles. The first-order valence-corrected chi connectivity index (χ1v) is 7.69. The first-order chi connectivity index (χ1) is 9.31. The van der Waals surface area contributed by atoms with Gasteiger partial charge in [0.25, 0.3) is 0 Å². The maximum Gasteiger partial charge on any atom is 0.348 e. The Morgan fingerprint density at radius 2 is 1.81 bits per heavy atom. The number of carbonyl (C=O) groups is 2. The zero-order valence-corrected chi connectivity index (χ0v) is 14.3. The van der Waals surface area contributed by atoms with E-state index in [9.17, 15) is 9.59 Å². The number of rotatable bonds is 3. The standard InChI is InChI=1S/C17H28O4/c1-14(2,3)8-17(9-16(17,6)7)13(19)21-11-12(18)20-10-15(11,4)5/h11H,8-10H2,1-7H3. The molecule has 0 spiro atoms. The molecule has 4 nitrogen and oxygen atoms in total. The van der Waals surface area contributed by atoms with Crippen LogP contribution in [0.4, 0.5) is 0 Å². The van der Waals surface area contributed by atoms with Crippen LogP contribution in [-0.2, 0) is 19.1 Å². The summed E-state index contributed by atoms with van der Waals surface area (Å²) < 4.78 is 10.7. The van der Waals surface area contributed by atoms with Gasteiger partial charge in [-0.2, -0.15) is 0 Å². The van der Waals surface area contributed by atoms with Gasteiger partial charge < -0.3 is 9.47 Å². The van der Waals surface area contributed by atoms with Crippen molar-refractivity contribution in [2.45, 2.75) is 67.4 Å². The lowest BCUT2D eigenvalue weighted by Gasteiger charge is -2.30. The number of esters is 2. The molecule has 0 aromatic rings. The molecule has 2 atom stereocenters.